The van der Waals surface area contributed by atoms with E-state index in [0.717, 1.165) is 27.6 Å². The predicted octanol–water partition coefficient (Wildman–Crippen LogP) is 3.13. The maximum Gasteiger partial charge on any atom is 0.138 e. The second-order valence-electron chi connectivity index (χ2n) is 6.00. The zero-order valence-corrected chi connectivity index (χ0v) is 13.5. The van der Waals surface area contributed by atoms with E-state index in [-0.39, 0.29) is 6.61 Å². The molecular weight excluding hydrogens is 288 g/mol. The lowest BCUT2D eigenvalue weighted by Gasteiger charge is -2.17. The third-order valence-corrected chi connectivity index (χ3v) is 3.72. The Balaban J connectivity index is 1.91. The molecule has 1 atom stereocenters. The van der Waals surface area contributed by atoms with Gasteiger partial charge in [0, 0.05) is 23.4 Å². The molecule has 4 heteroatoms. The second-order valence-corrected chi connectivity index (χ2v) is 6.00. The van der Waals surface area contributed by atoms with Crippen LogP contribution in [-0.2, 0) is 0 Å². The first-order chi connectivity index (χ1) is 11.1. The van der Waals surface area contributed by atoms with Crippen molar-refractivity contribution in [3.05, 3.63) is 48.5 Å². The fourth-order valence-corrected chi connectivity index (χ4v) is 2.57. The van der Waals surface area contributed by atoms with Gasteiger partial charge in [0.15, 0.2) is 0 Å². The summed E-state index contributed by atoms with van der Waals surface area (Å²) in [6, 6.07) is 16.2. The van der Waals surface area contributed by atoms with Gasteiger partial charge in [-0.3, -0.25) is 0 Å². The van der Waals surface area contributed by atoms with Crippen molar-refractivity contribution in [3.63, 3.8) is 0 Å². The summed E-state index contributed by atoms with van der Waals surface area (Å²) in [4.78, 5) is 4.67. The molecule has 0 spiro atoms. The number of aliphatic hydroxyl groups is 1. The number of hydrogen-bond acceptors (Lipinski definition) is 4. The third kappa shape index (κ3) is 3.60. The van der Waals surface area contributed by atoms with E-state index in [2.05, 4.69) is 24.1 Å². The summed E-state index contributed by atoms with van der Waals surface area (Å²) in [5.41, 5.74) is 1.80. The molecule has 0 amide bonds. The summed E-state index contributed by atoms with van der Waals surface area (Å²) in [6.07, 6.45) is -0.553. The normalized spacial score (nSPS) is 12.9. The topological polar surface area (TPSA) is 54.4 Å². The number of nitrogens with one attached hydrogen (secondary N) is 1. The Morgan fingerprint density at radius 1 is 1.00 bits per heavy atom. The summed E-state index contributed by atoms with van der Waals surface area (Å²) in [5, 5.41) is 15.2. The standard InChI is InChI=1S/C19H22N2O2/c1-13(2)20-11-14(22)12-23-19-15-7-3-5-9-17(15)21-18-10-6-4-8-16(18)19/h3-10,13-14,20,22H,11-12H2,1-2H3/t14-/m1/s1. The van der Waals surface area contributed by atoms with E-state index in [0.29, 0.717) is 12.6 Å². The van der Waals surface area contributed by atoms with Crippen LogP contribution in [0.5, 0.6) is 5.75 Å². The number of ether oxygens (including phenoxy) is 1. The highest BCUT2D eigenvalue weighted by molar-refractivity contribution is 6.00. The molecule has 2 aromatic carbocycles. The number of hydrogen-bond donors (Lipinski definition) is 2. The van der Waals surface area contributed by atoms with Crippen molar-refractivity contribution in [2.24, 2.45) is 0 Å². The number of pyridine rings is 1. The van der Waals surface area contributed by atoms with Gasteiger partial charge in [-0.15, -0.1) is 0 Å². The molecule has 1 heterocycles. The van der Waals surface area contributed by atoms with E-state index < -0.39 is 6.10 Å². The molecule has 23 heavy (non-hydrogen) atoms. The van der Waals surface area contributed by atoms with Crippen molar-refractivity contribution in [1.29, 1.82) is 0 Å². The maximum absolute atomic E-state index is 10.1. The summed E-state index contributed by atoms with van der Waals surface area (Å²) < 4.78 is 6.00. The van der Waals surface area contributed by atoms with Crippen LogP contribution in [0.15, 0.2) is 48.5 Å². The molecule has 120 valence electrons. The van der Waals surface area contributed by atoms with Crippen molar-refractivity contribution in [2.75, 3.05) is 13.2 Å². The average molecular weight is 310 g/mol. The number of fused-ring (bicyclic) bond motifs is 2. The predicted molar refractivity (Wildman–Crippen MR) is 93.9 cm³/mol. The number of benzene rings is 2. The molecule has 3 aromatic rings. The highest BCUT2D eigenvalue weighted by Crippen LogP contribution is 2.32. The number of aliphatic hydroxyl groups excluding tert-OH is 1. The molecule has 0 bridgehead atoms. The molecule has 0 saturated carbocycles. The SMILES string of the molecule is CC(C)NC[C@@H](O)COc1c2ccccc2nc2ccccc12. The lowest BCUT2D eigenvalue weighted by molar-refractivity contribution is 0.106. The van der Waals surface area contributed by atoms with Crippen molar-refractivity contribution in [3.8, 4) is 5.75 Å². The lowest BCUT2D eigenvalue weighted by Crippen LogP contribution is -2.35. The summed E-state index contributed by atoms with van der Waals surface area (Å²) >= 11 is 0. The number of aromatic nitrogens is 1. The molecule has 3 rings (SSSR count). The fourth-order valence-electron chi connectivity index (χ4n) is 2.57. The molecule has 1 aromatic heterocycles. The minimum absolute atomic E-state index is 0.248. The van der Waals surface area contributed by atoms with E-state index in [4.69, 9.17) is 4.74 Å². The minimum Gasteiger partial charge on any atom is -0.489 e. The molecule has 0 saturated heterocycles. The molecule has 0 aliphatic heterocycles. The van der Waals surface area contributed by atoms with E-state index in [1.807, 2.05) is 48.5 Å². The smallest absolute Gasteiger partial charge is 0.138 e. The van der Waals surface area contributed by atoms with E-state index in [1.54, 1.807) is 0 Å². The Kier molecular flexibility index (Phi) is 4.74. The summed E-state index contributed by atoms with van der Waals surface area (Å²) in [5.74, 6) is 0.787. The average Bonchev–Trinajstić information content (AvgIpc) is 2.56. The summed E-state index contributed by atoms with van der Waals surface area (Å²) in [6.45, 7) is 4.87. The van der Waals surface area contributed by atoms with Crippen LogP contribution in [-0.4, -0.2) is 35.4 Å². The van der Waals surface area contributed by atoms with Crippen LogP contribution in [0.3, 0.4) is 0 Å². The van der Waals surface area contributed by atoms with E-state index in [1.165, 1.54) is 0 Å². The Labute approximate surface area is 136 Å². The van der Waals surface area contributed by atoms with Crippen molar-refractivity contribution in [2.45, 2.75) is 26.0 Å². The number of para-hydroxylation sites is 2. The van der Waals surface area contributed by atoms with E-state index in [9.17, 15) is 5.11 Å². The van der Waals surface area contributed by atoms with Gasteiger partial charge in [0.2, 0.25) is 0 Å². The minimum atomic E-state index is -0.553. The highest BCUT2D eigenvalue weighted by atomic mass is 16.5. The molecule has 0 fully saturated rings. The van der Waals surface area contributed by atoms with Gasteiger partial charge in [-0.25, -0.2) is 4.98 Å². The lowest BCUT2D eigenvalue weighted by atomic mass is 10.1. The molecule has 0 unspecified atom stereocenters. The van der Waals surface area contributed by atoms with Gasteiger partial charge >= 0.3 is 0 Å². The quantitative estimate of drug-likeness (QED) is 0.687. The first kappa shape index (κ1) is 15.7. The Morgan fingerprint density at radius 3 is 2.13 bits per heavy atom. The molecule has 0 aliphatic rings. The zero-order valence-electron chi connectivity index (χ0n) is 13.5. The fraction of sp³-hybridized carbons (Fsp3) is 0.316. The molecule has 0 radical (unpaired) electrons. The van der Waals surface area contributed by atoms with Crippen LogP contribution < -0.4 is 10.1 Å². The van der Waals surface area contributed by atoms with Crippen LogP contribution in [0.2, 0.25) is 0 Å². The molecule has 0 aliphatic carbocycles. The van der Waals surface area contributed by atoms with Gasteiger partial charge in [0.25, 0.3) is 0 Å². The van der Waals surface area contributed by atoms with Crippen LogP contribution in [0.25, 0.3) is 21.8 Å². The van der Waals surface area contributed by atoms with Crippen molar-refractivity contribution >= 4 is 21.8 Å². The Morgan fingerprint density at radius 2 is 1.57 bits per heavy atom. The van der Waals surface area contributed by atoms with Crippen LogP contribution >= 0.6 is 0 Å². The third-order valence-electron chi connectivity index (χ3n) is 3.72. The Bertz CT molecular complexity index is 748. The first-order valence-electron chi connectivity index (χ1n) is 7.97. The van der Waals surface area contributed by atoms with Gasteiger partial charge < -0.3 is 15.2 Å². The largest absolute Gasteiger partial charge is 0.489 e. The number of rotatable bonds is 6. The molecular formula is C19H22N2O2. The van der Waals surface area contributed by atoms with E-state index >= 15 is 0 Å². The first-order valence-corrected chi connectivity index (χ1v) is 7.97. The van der Waals surface area contributed by atoms with Gasteiger partial charge in [-0.05, 0) is 24.3 Å². The van der Waals surface area contributed by atoms with Gasteiger partial charge in [0.1, 0.15) is 18.5 Å². The second kappa shape index (κ2) is 6.94. The van der Waals surface area contributed by atoms with Gasteiger partial charge in [-0.2, -0.15) is 0 Å². The Hall–Kier alpha value is -2.17. The molecule has 4 nitrogen and oxygen atoms in total. The van der Waals surface area contributed by atoms with Gasteiger partial charge in [0.05, 0.1) is 11.0 Å². The van der Waals surface area contributed by atoms with Crippen LogP contribution in [0.1, 0.15) is 13.8 Å². The monoisotopic (exact) mass is 310 g/mol. The molecule has 2 N–H and O–H groups in total. The zero-order chi connectivity index (χ0) is 16.2. The maximum atomic E-state index is 10.1. The van der Waals surface area contributed by atoms with Crippen molar-refractivity contribution < 1.29 is 9.84 Å². The summed E-state index contributed by atoms with van der Waals surface area (Å²) in [7, 11) is 0. The highest BCUT2D eigenvalue weighted by Gasteiger charge is 2.12. The number of nitrogens with zero attached hydrogens (tertiary/aromatic N) is 1. The van der Waals surface area contributed by atoms with Crippen LogP contribution in [0, 0.1) is 0 Å². The van der Waals surface area contributed by atoms with Crippen molar-refractivity contribution in [1.82, 2.24) is 10.3 Å². The van der Waals surface area contributed by atoms with Crippen LogP contribution in [0.4, 0.5) is 0 Å². The van der Waals surface area contributed by atoms with Gasteiger partial charge in [-0.1, -0.05) is 38.1 Å².